The van der Waals surface area contributed by atoms with Crippen molar-refractivity contribution in [1.82, 2.24) is 25.4 Å². The maximum absolute atomic E-state index is 13.2. The van der Waals surface area contributed by atoms with Crippen LogP contribution in [0.5, 0.6) is 0 Å². The first-order valence-corrected chi connectivity index (χ1v) is 10.5. The van der Waals surface area contributed by atoms with E-state index in [1.54, 1.807) is 0 Å². The van der Waals surface area contributed by atoms with Gasteiger partial charge in [0.1, 0.15) is 16.4 Å². The summed E-state index contributed by atoms with van der Waals surface area (Å²) in [4.78, 5) is 19.9. The number of nitrogens with zero attached hydrogens (tertiary/aromatic N) is 3. The molecular weight excluding hydrogens is 370 g/mol. The van der Waals surface area contributed by atoms with Gasteiger partial charge in [0.2, 0.25) is 0 Å². The Labute approximate surface area is 169 Å². The van der Waals surface area contributed by atoms with Crippen LogP contribution in [0.3, 0.4) is 0 Å². The van der Waals surface area contributed by atoms with Crippen LogP contribution in [0.2, 0.25) is 0 Å². The van der Waals surface area contributed by atoms with Gasteiger partial charge in [0.15, 0.2) is 0 Å². The number of benzene rings is 1. The molecule has 1 aromatic carbocycles. The first kappa shape index (κ1) is 18.8. The molecule has 0 spiro atoms. The lowest BCUT2D eigenvalue weighted by Crippen LogP contribution is -2.46. The Bertz CT molecular complexity index is 949. The third kappa shape index (κ3) is 3.59. The molecule has 1 aliphatic rings. The zero-order valence-electron chi connectivity index (χ0n) is 16.3. The van der Waals surface area contributed by atoms with E-state index in [1.165, 1.54) is 11.3 Å². The lowest BCUT2D eigenvalue weighted by molar-refractivity contribution is 0.0619. The lowest BCUT2D eigenvalue weighted by atomic mass is 10.1. The van der Waals surface area contributed by atoms with Gasteiger partial charge in [-0.15, -0.1) is 11.3 Å². The van der Waals surface area contributed by atoms with E-state index in [4.69, 9.17) is 0 Å². The molecule has 7 heteroatoms. The lowest BCUT2D eigenvalue weighted by Gasteiger charge is -2.31. The summed E-state index contributed by atoms with van der Waals surface area (Å²) < 4.78 is 0. The fourth-order valence-electron chi connectivity index (χ4n) is 3.84. The largest absolute Gasteiger partial charge is 0.331 e. The molecule has 0 saturated carbocycles. The molecule has 1 aliphatic heterocycles. The number of hydrogen-bond donors (Lipinski definition) is 2. The van der Waals surface area contributed by atoms with E-state index in [9.17, 15) is 4.79 Å². The zero-order valence-corrected chi connectivity index (χ0v) is 17.2. The molecule has 3 heterocycles. The van der Waals surface area contributed by atoms with E-state index in [0.717, 1.165) is 34.8 Å². The predicted molar refractivity (Wildman–Crippen MR) is 112 cm³/mol. The van der Waals surface area contributed by atoms with E-state index in [0.29, 0.717) is 11.7 Å². The standard InChI is InChI=1S/C21H25N5OS/c1-13(2)26(16-9-14(3)22-10-16)21(27)18-12-28-20(24-18)17-11-23-25-19(17)15-7-5-4-6-8-15/h4-8,11-14,16,22H,9-10H2,1-3H3,(H,23,25)/t14-,16+/m1/s1. The van der Waals surface area contributed by atoms with E-state index < -0.39 is 0 Å². The second kappa shape index (κ2) is 7.85. The SMILES string of the molecule is CC(C)N(C(=O)c1csc(-c2c[nH]nc2-c2ccccc2)n1)[C@@H]1CN[C@H](C)C1. The summed E-state index contributed by atoms with van der Waals surface area (Å²) in [6, 6.07) is 10.8. The summed E-state index contributed by atoms with van der Waals surface area (Å²) in [6.07, 6.45) is 2.82. The summed E-state index contributed by atoms with van der Waals surface area (Å²) in [5.41, 5.74) is 3.30. The molecular formula is C21H25N5OS. The van der Waals surface area contributed by atoms with Gasteiger partial charge >= 0.3 is 0 Å². The molecule has 1 fully saturated rings. The number of amides is 1. The Morgan fingerprint density at radius 2 is 2.07 bits per heavy atom. The fourth-order valence-corrected chi connectivity index (χ4v) is 4.65. The summed E-state index contributed by atoms with van der Waals surface area (Å²) in [5.74, 6) is 0.00292. The third-order valence-electron chi connectivity index (χ3n) is 5.15. The van der Waals surface area contributed by atoms with Crippen molar-refractivity contribution in [2.24, 2.45) is 0 Å². The highest BCUT2D eigenvalue weighted by molar-refractivity contribution is 7.13. The van der Waals surface area contributed by atoms with E-state index in [2.05, 4.69) is 41.3 Å². The number of aromatic amines is 1. The highest BCUT2D eigenvalue weighted by Gasteiger charge is 2.33. The van der Waals surface area contributed by atoms with Crippen molar-refractivity contribution in [2.75, 3.05) is 6.54 Å². The average Bonchev–Trinajstić information content (AvgIpc) is 3.42. The fraction of sp³-hybridized carbons (Fsp3) is 0.381. The van der Waals surface area contributed by atoms with Crippen LogP contribution in [0, 0.1) is 0 Å². The van der Waals surface area contributed by atoms with E-state index >= 15 is 0 Å². The molecule has 6 nitrogen and oxygen atoms in total. The number of rotatable bonds is 5. The number of carbonyl (C=O) groups excluding carboxylic acids is 1. The molecule has 2 aromatic heterocycles. The minimum Gasteiger partial charge on any atom is -0.331 e. The molecule has 2 atom stereocenters. The highest BCUT2D eigenvalue weighted by atomic mass is 32.1. The smallest absolute Gasteiger partial charge is 0.273 e. The Balaban J connectivity index is 1.61. The second-order valence-electron chi connectivity index (χ2n) is 7.56. The maximum atomic E-state index is 13.2. The van der Waals surface area contributed by atoms with Crippen LogP contribution >= 0.6 is 11.3 Å². The van der Waals surface area contributed by atoms with Crippen molar-refractivity contribution in [3.63, 3.8) is 0 Å². The Morgan fingerprint density at radius 3 is 2.75 bits per heavy atom. The molecule has 0 aliphatic carbocycles. The Kier molecular flexibility index (Phi) is 5.28. The predicted octanol–water partition coefficient (Wildman–Crippen LogP) is 3.80. The summed E-state index contributed by atoms with van der Waals surface area (Å²) in [6.45, 7) is 7.13. The zero-order chi connectivity index (χ0) is 19.7. The molecule has 4 rings (SSSR count). The van der Waals surface area contributed by atoms with Crippen molar-refractivity contribution in [3.05, 3.63) is 47.6 Å². The van der Waals surface area contributed by atoms with Gasteiger partial charge in [0.25, 0.3) is 5.91 Å². The monoisotopic (exact) mass is 395 g/mol. The van der Waals surface area contributed by atoms with Crippen LogP contribution in [0.25, 0.3) is 21.8 Å². The number of carbonyl (C=O) groups is 1. The maximum Gasteiger partial charge on any atom is 0.273 e. The first-order chi connectivity index (χ1) is 13.5. The minimum absolute atomic E-state index is 0.00292. The van der Waals surface area contributed by atoms with Crippen LogP contribution in [-0.2, 0) is 0 Å². The third-order valence-corrected chi connectivity index (χ3v) is 6.03. The number of hydrogen-bond acceptors (Lipinski definition) is 5. The van der Waals surface area contributed by atoms with Crippen LogP contribution < -0.4 is 5.32 Å². The number of nitrogens with one attached hydrogen (secondary N) is 2. The highest BCUT2D eigenvalue weighted by Crippen LogP contribution is 2.32. The van der Waals surface area contributed by atoms with Gasteiger partial charge in [-0.25, -0.2) is 4.98 Å². The first-order valence-electron chi connectivity index (χ1n) is 9.65. The number of H-pyrrole nitrogens is 1. The molecule has 28 heavy (non-hydrogen) atoms. The average molecular weight is 396 g/mol. The topological polar surface area (TPSA) is 73.9 Å². The van der Waals surface area contributed by atoms with Gasteiger partial charge < -0.3 is 10.2 Å². The van der Waals surface area contributed by atoms with E-state index in [1.807, 2.05) is 46.8 Å². The molecule has 0 radical (unpaired) electrons. The van der Waals surface area contributed by atoms with Gasteiger partial charge in [0.05, 0.1) is 5.56 Å². The molecule has 1 amide bonds. The summed E-state index contributed by atoms with van der Waals surface area (Å²) in [5, 5.41) is 13.4. The number of aromatic nitrogens is 3. The van der Waals surface area contributed by atoms with Crippen LogP contribution in [0.15, 0.2) is 41.9 Å². The van der Waals surface area contributed by atoms with Gasteiger partial charge in [-0.1, -0.05) is 30.3 Å². The molecule has 2 N–H and O–H groups in total. The van der Waals surface area contributed by atoms with E-state index in [-0.39, 0.29) is 18.0 Å². The molecule has 1 saturated heterocycles. The van der Waals surface area contributed by atoms with Crippen LogP contribution in [0.1, 0.15) is 37.7 Å². The summed E-state index contributed by atoms with van der Waals surface area (Å²) >= 11 is 1.48. The summed E-state index contributed by atoms with van der Waals surface area (Å²) in [7, 11) is 0. The van der Waals surface area contributed by atoms with Gasteiger partial charge in [-0.05, 0) is 27.2 Å². The van der Waals surface area contributed by atoms with Crippen molar-refractivity contribution >= 4 is 17.2 Å². The van der Waals surface area contributed by atoms with Gasteiger partial charge in [-0.2, -0.15) is 5.10 Å². The minimum atomic E-state index is 0.00292. The van der Waals surface area contributed by atoms with Crippen molar-refractivity contribution in [3.8, 4) is 21.8 Å². The Hall–Kier alpha value is -2.51. The normalized spacial score (nSPS) is 19.3. The molecule has 0 bridgehead atoms. The molecule has 146 valence electrons. The second-order valence-corrected chi connectivity index (χ2v) is 8.41. The van der Waals surface area contributed by atoms with Crippen molar-refractivity contribution < 1.29 is 4.79 Å². The number of thiazole rings is 1. The van der Waals surface area contributed by atoms with Gasteiger partial charge in [-0.3, -0.25) is 9.89 Å². The van der Waals surface area contributed by atoms with Crippen molar-refractivity contribution in [2.45, 2.75) is 45.3 Å². The van der Waals surface area contributed by atoms with Crippen molar-refractivity contribution in [1.29, 1.82) is 0 Å². The molecule has 0 unspecified atom stereocenters. The van der Waals surface area contributed by atoms with Gasteiger partial charge in [0, 0.05) is 41.8 Å². The Morgan fingerprint density at radius 1 is 1.29 bits per heavy atom. The van der Waals surface area contributed by atoms with Crippen LogP contribution in [0.4, 0.5) is 0 Å². The van der Waals surface area contributed by atoms with Crippen LogP contribution in [-0.4, -0.2) is 50.7 Å². The quantitative estimate of drug-likeness (QED) is 0.689. The molecule has 3 aromatic rings.